The Bertz CT molecular complexity index is 516. The normalized spacial score (nSPS) is 10.6. The van der Waals surface area contributed by atoms with Gasteiger partial charge in [-0.15, -0.1) is 11.3 Å². The van der Waals surface area contributed by atoms with Gasteiger partial charge in [-0.25, -0.2) is 9.78 Å². The molecule has 2 heterocycles. The predicted octanol–water partition coefficient (Wildman–Crippen LogP) is 2.64. The third-order valence-electron chi connectivity index (χ3n) is 2.47. The number of aryl methyl sites for hydroxylation is 1. The van der Waals surface area contributed by atoms with Crippen molar-refractivity contribution in [1.29, 1.82) is 0 Å². The van der Waals surface area contributed by atoms with E-state index in [0.29, 0.717) is 11.4 Å². The van der Waals surface area contributed by atoms with Crippen LogP contribution in [0.1, 0.15) is 33.7 Å². The van der Waals surface area contributed by atoms with E-state index in [1.54, 1.807) is 12.3 Å². The molecule has 4 nitrogen and oxygen atoms in total. The fraction of sp³-hybridized carbons (Fsp3) is 0.333. The van der Waals surface area contributed by atoms with Gasteiger partial charge in [-0.2, -0.15) is 0 Å². The van der Waals surface area contributed by atoms with Gasteiger partial charge in [0.15, 0.2) is 0 Å². The van der Waals surface area contributed by atoms with Gasteiger partial charge < -0.3 is 9.67 Å². The Kier molecular flexibility index (Phi) is 3.58. The number of thiophene rings is 1. The lowest BCUT2D eigenvalue weighted by atomic mass is 10.3. The molecule has 0 atom stereocenters. The van der Waals surface area contributed by atoms with Crippen LogP contribution in [0.3, 0.4) is 0 Å². The Morgan fingerprint density at radius 1 is 1.53 bits per heavy atom. The van der Waals surface area contributed by atoms with Crippen LogP contribution in [0.25, 0.3) is 0 Å². The zero-order chi connectivity index (χ0) is 12.3. The topological polar surface area (TPSA) is 55.1 Å². The molecule has 2 aromatic heterocycles. The monoisotopic (exact) mass is 250 g/mol. The summed E-state index contributed by atoms with van der Waals surface area (Å²) in [6.45, 7) is 2.82. The Balaban J connectivity index is 2.13. The molecule has 0 radical (unpaired) electrons. The molecule has 0 fully saturated rings. The maximum Gasteiger partial charge on any atom is 0.345 e. The zero-order valence-electron chi connectivity index (χ0n) is 9.59. The molecule has 0 spiro atoms. The first-order valence-corrected chi connectivity index (χ1v) is 6.34. The summed E-state index contributed by atoms with van der Waals surface area (Å²) in [4.78, 5) is 16.5. The smallest absolute Gasteiger partial charge is 0.345 e. The molecule has 17 heavy (non-hydrogen) atoms. The minimum Gasteiger partial charge on any atom is -0.477 e. The van der Waals surface area contributed by atoms with Gasteiger partial charge in [-0.05, 0) is 18.6 Å². The van der Waals surface area contributed by atoms with Crippen LogP contribution in [0.4, 0.5) is 0 Å². The molecule has 90 valence electrons. The number of hydrogen-bond donors (Lipinski definition) is 1. The second-order valence-corrected chi connectivity index (χ2v) is 4.96. The number of carboxylic acids is 1. The fourth-order valence-electron chi connectivity index (χ4n) is 1.68. The summed E-state index contributed by atoms with van der Waals surface area (Å²) in [6.07, 6.45) is 5.73. The van der Waals surface area contributed by atoms with E-state index in [0.717, 1.165) is 23.5 Å². The summed E-state index contributed by atoms with van der Waals surface area (Å²) < 4.78 is 2.07. The van der Waals surface area contributed by atoms with Gasteiger partial charge in [0.2, 0.25) is 0 Å². The quantitative estimate of drug-likeness (QED) is 0.887. The molecule has 0 bridgehead atoms. The van der Waals surface area contributed by atoms with E-state index >= 15 is 0 Å². The Hall–Kier alpha value is -1.62. The van der Waals surface area contributed by atoms with Gasteiger partial charge in [0.05, 0.1) is 6.54 Å². The van der Waals surface area contributed by atoms with Gasteiger partial charge in [-0.1, -0.05) is 6.92 Å². The van der Waals surface area contributed by atoms with Crippen molar-refractivity contribution >= 4 is 17.3 Å². The van der Waals surface area contributed by atoms with Crippen molar-refractivity contribution in [2.45, 2.75) is 26.3 Å². The van der Waals surface area contributed by atoms with Crippen LogP contribution in [0, 0.1) is 0 Å². The second kappa shape index (κ2) is 5.14. The predicted molar refractivity (Wildman–Crippen MR) is 66.6 cm³/mol. The van der Waals surface area contributed by atoms with Crippen LogP contribution in [0.2, 0.25) is 0 Å². The van der Waals surface area contributed by atoms with E-state index in [1.165, 1.54) is 11.3 Å². The highest BCUT2D eigenvalue weighted by Crippen LogP contribution is 2.18. The lowest BCUT2D eigenvalue weighted by Crippen LogP contribution is -2.02. The van der Waals surface area contributed by atoms with Crippen molar-refractivity contribution in [2.75, 3.05) is 0 Å². The third kappa shape index (κ3) is 2.74. The van der Waals surface area contributed by atoms with E-state index in [-0.39, 0.29) is 0 Å². The van der Waals surface area contributed by atoms with Gasteiger partial charge in [0.25, 0.3) is 0 Å². The molecular weight excluding hydrogens is 236 g/mol. The molecule has 0 unspecified atom stereocenters. The zero-order valence-corrected chi connectivity index (χ0v) is 10.4. The molecule has 0 aromatic carbocycles. The van der Waals surface area contributed by atoms with Crippen LogP contribution in [-0.4, -0.2) is 20.6 Å². The number of carboxylic acid groups (broad SMARTS) is 1. The molecule has 5 heteroatoms. The summed E-state index contributed by atoms with van der Waals surface area (Å²) >= 11 is 1.32. The van der Waals surface area contributed by atoms with Crippen LogP contribution in [0.5, 0.6) is 0 Å². The second-order valence-electron chi connectivity index (χ2n) is 3.79. The number of aromatic carboxylic acids is 1. The SMILES string of the molecule is CCCc1nccn1Cc1ccc(C(=O)O)s1. The van der Waals surface area contributed by atoms with Crippen LogP contribution < -0.4 is 0 Å². The maximum absolute atomic E-state index is 10.8. The maximum atomic E-state index is 10.8. The molecule has 0 saturated carbocycles. The van der Waals surface area contributed by atoms with Gasteiger partial charge in [0, 0.05) is 23.7 Å². The first-order chi connectivity index (χ1) is 8.20. The van der Waals surface area contributed by atoms with Gasteiger partial charge in [0.1, 0.15) is 10.7 Å². The number of aromatic nitrogens is 2. The first kappa shape index (κ1) is 11.9. The van der Waals surface area contributed by atoms with Crippen molar-refractivity contribution in [3.05, 3.63) is 40.1 Å². The summed E-state index contributed by atoms with van der Waals surface area (Å²) in [5.74, 6) is 0.193. The molecule has 2 aromatic rings. The lowest BCUT2D eigenvalue weighted by molar-refractivity contribution is 0.0702. The molecule has 2 rings (SSSR count). The Labute approximate surface area is 104 Å². The standard InChI is InChI=1S/C12H14N2O2S/c1-2-3-11-13-6-7-14(11)8-9-4-5-10(17-9)12(15)16/h4-7H,2-3,8H2,1H3,(H,15,16). The lowest BCUT2D eigenvalue weighted by Gasteiger charge is -2.04. The molecule has 1 N–H and O–H groups in total. The van der Waals surface area contributed by atoms with Crippen molar-refractivity contribution in [2.24, 2.45) is 0 Å². The Morgan fingerprint density at radius 3 is 3.00 bits per heavy atom. The van der Waals surface area contributed by atoms with Crippen LogP contribution >= 0.6 is 11.3 Å². The molecule has 0 aliphatic carbocycles. The number of imidazole rings is 1. The highest BCUT2D eigenvalue weighted by Gasteiger charge is 2.08. The summed E-state index contributed by atoms with van der Waals surface area (Å²) in [6, 6.07) is 3.52. The molecule has 0 aliphatic heterocycles. The highest BCUT2D eigenvalue weighted by atomic mass is 32.1. The largest absolute Gasteiger partial charge is 0.477 e. The third-order valence-corrected chi connectivity index (χ3v) is 3.53. The van der Waals surface area contributed by atoms with Crippen molar-refractivity contribution in [3.8, 4) is 0 Å². The number of carbonyl (C=O) groups is 1. The average Bonchev–Trinajstić information content (AvgIpc) is 2.90. The fourth-order valence-corrected chi connectivity index (χ4v) is 2.53. The average molecular weight is 250 g/mol. The summed E-state index contributed by atoms with van der Waals surface area (Å²) in [7, 11) is 0. The number of nitrogens with zero attached hydrogens (tertiary/aromatic N) is 2. The Morgan fingerprint density at radius 2 is 2.35 bits per heavy atom. The summed E-state index contributed by atoms with van der Waals surface area (Å²) in [5, 5.41) is 8.85. The van der Waals surface area contributed by atoms with E-state index in [9.17, 15) is 4.79 Å². The summed E-state index contributed by atoms with van der Waals surface area (Å²) in [5.41, 5.74) is 0. The van der Waals surface area contributed by atoms with Crippen molar-refractivity contribution in [1.82, 2.24) is 9.55 Å². The molecule has 0 saturated heterocycles. The van der Waals surface area contributed by atoms with Gasteiger partial charge in [-0.3, -0.25) is 0 Å². The highest BCUT2D eigenvalue weighted by molar-refractivity contribution is 7.13. The van der Waals surface area contributed by atoms with Crippen molar-refractivity contribution < 1.29 is 9.90 Å². The number of hydrogen-bond acceptors (Lipinski definition) is 3. The minimum absolute atomic E-state index is 0.386. The van der Waals surface area contributed by atoms with E-state index < -0.39 is 5.97 Å². The minimum atomic E-state index is -0.860. The van der Waals surface area contributed by atoms with Crippen LogP contribution in [-0.2, 0) is 13.0 Å². The van der Waals surface area contributed by atoms with E-state index in [2.05, 4.69) is 16.5 Å². The van der Waals surface area contributed by atoms with E-state index in [1.807, 2.05) is 12.3 Å². The number of rotatable bonds is 5. The molecule has 0 aliphatic rings. The molecular formula is C12H14N2O2S. The van der Waals surface area contributed by atoms with E-state index in [4.69, 9.17) is 5.11 Å². The van der Waals surface area contributed by atoms with Crippen LogP contribution in [0.15, 0.2) is 24.5 Å². The van der Waals surface area contributed by atoms with Gasteiger partial charge >= 0.3 is 5.97 Å². The molecule has 0 amide bonds. The first-order valence-electron chi connectivity index (χ1n) is 5.52. The van der Waals surface area contributed by atoms with Crippen molar-refractivity contribution in [3.63, 3.8) is 0 Å².